The molecule has 1 aliphatic heterocycles. The number of nitrogens with two attached hydrogens (primary N) is 1. The van der Waals surface area contributed by atoms with Crippen LogP contribution in [0.15, 0.2) is 0 Å². The number of carbonyl (C=O) groups is 1. The number of rotatable bonds is 1. The van der Waals surface area contributed by atoms with Crippen LogP contribution >= 0.6 is 0 Å². The Morgan fingerprint density at radius 1 is 1.69 bits per heavy atom. The fourth-order valence-electron chi connectivity index (χ4n) is 1.87. The minimum absolute atomic E-state index is 0.0482. The summed E-state index contributed by atoms with van der Waals surface area (Å²) in [6, 6.07) is 0.0874. The molecule has 1 aliphatic carbocycles. The molecule has 0 bridgehead atoms. The highest BCUT2D eigenvalue weighted by Crippen LogP contribution is 2.49. The average Bonchev–Trinajstić information content (AvgIpc) is 2.51. The fraction of sp³-hybridized carbons (Fsp3) is 0.889. The molecule has 2 rings (SSSR count). The predicted molar refractivity (Wildman–Crippen MR) is 46.8 cm³/mol. The molecule has 2 N–H and O–H groups in total. The summed E-state index contributed by atoms with van der Waals surface area (Å²) < 4.78 is 12.9. The molecule has 4 heteroatoms. The van der Waals surface area contributed by atoms with Crippen LogP contribution in [0, 0.1) is 5.41 Å². The van der Waals surface area contributed by atoms with E-state index in [1.165, 1.54) is 0 Å². The van der Waals surface area contributed by atoms with Crippen molar-refractivity contribution in [3.8, 4) is 0 Å². The second kappa shape index (κ2) is 2.67. The van der Waals surface area contributed by atoms with Crippen LogP contribution < -0.4 is 5.73 Å². The maximum absolute atomic E-state index is 12.9. The fourth-order valence-corrected chi connectivity index (χ4v) is 1.87. The molecule has 2 unspecified atom stereocenters. The molecule has 13 heavy (non-hydrogen) atoms. The largest absolute Gasteiger partial charge is 0.341 e. The standard InChI is InChI=1S/C9H15FN2O/c1-9(4-7(9)10)8(13)12-3-2-6(11)5-12/h6-7H,2-5,11H2,1H3/t6-,7?,9?/m0/s1. The summed E-state index contributed by atoms with van der Waals surface area (Å²) >= 11 is 0. The maximum Gasteiger partial charge on any atom is 0.231 e. The van der Waals surface area contributed by atoms with Crippen molar-refractivity contribution in [2.24, 2.45) is 11.1 Å². The molecule has 1 saturated heterocycles. The van der Waals surface area contributed by atoms with Gasteiger partial charge in [-0.1, -0.05) is 0 Å². The molecule has 1 amide bonds. The first-order valence-electron chi connectivity index (χ1n) is 4.73. The van der Waals surface area contributed by atoms with Gasteiger partial charge in [0.05, 0.1) is 5.41 Å². The first-order chi connectivity index (χ1) is 6.04. The monoisotopic (exact) mass is 186 g/mol. The summed E-state index contributed by atoms with van der Waals surface area (Å²) in [7, 11) is 0. The highest BCUT2D eigenvalue weighted by atomic mass is 19.1. The van der Waals surface area contributed by atoms with Gasteiger partial charge in [0, 0.05) is 19.1 Å². The first kappa shape index (κ1) is 8.94. The van der Waals surface area contributed by atoms with Gasteiger partial charge in [-0.3, -0.25) is 4.79 Å². The smallest absolute Gasteiger partial charge is 0.231 e. The number of hydrogen-bond donors (Lipinski definition) is 1. The minimum atomic E-state index is -0.933. The molecule has 0 aromatic carbocycles. The van der Waals surface area contributed by atoms with E-state index in [9.17, 15) is 9.18 Å². The quantitative estimate of drug-likeness (QED) is 0.640. The summed E-state index contributed by atoms with van der Waals surface area (Å²) in [6.45, 7) is 2.99. The van der Waals surface area contributed by atoms with Crippen molar-refractivity contribution in [2.45, 2.75) is 32.0 Å². The molecular formula is C9H15FN2O. The van der Waals surface area contributed by atoms with Crippen molar-refractivity contribution >= 4 is 5.91 Å². The molecule has 0 spiro atoms. The maximum atomic E-state index is 12.9. The van der Waals surface area contributed by atoms with Crippen LogP contribution in [0.3, 0.4) is 0 Å². The van der Waals surface area contributed by atoms with Crippen molar-refractivity contribution < 1.29 is 9.18 Å². The molecular weight excluding hydrogens is 171 g/mol. The Kier molecular flexibility index (Phi) is 1.84. The van der Waals surface area contributed by atoms with E-state index < -0.39 is 11.6 Å². The third-order valence-corrected chi connectivity index (χ3v) is 3.13. The minimum Gasteiger partial charge on any atom is -0.341 e. The van der Waals surface area contributed by atoms with Crippen LogP contribution in [-0.2, 0) is 4.79 Å². The van der Waals surface area contributed by atoms with E-state index in [4.69, 9.17) is 5.73 Å². The van der Waals surface area contributed by atoms with Gasteiger partial charge in [0.2, 0.25) is 5.91 Å². The summed E-state index contributed by atoms with van der Waals surface area (Å²) in [6.07, 6.45) is 0.299. The molecule has 2 aliphatic rings. The lowest BCUT2D eigenvalue weighted by Crippen LogP contribution is -2.37. The van der Waals surface area contributed by atoms with Crippen LogP contribution in [0.5, 0.6) is 0 Å². The first-order valence-corrected chi connectivity index (χ1v) is 4.73. The van der Waals surface area contributed by atoms with Crippen LogP contribution in [0.1, 0.15) is 19.8 Å². The van der Waals surface area contributed by atoms with Crippen LogP contribution in [0.4, 0.5) is 4.39 Å². The molecule has 0 radical (unpaired) electrons. The molecule has 2 fully saturated rings. The van der Waals surface area contributed by atoms with E-state index in [0.29, 0.717) is 19.5 Å². The predicted octanol–water partition coefficient (Wildman–Crippen LogP) is 0.294. The zero-order valence-electron chi connectivity index (χ0n) is 7.79. The van der Waals surface area contributed by atoms with E-state index in [0.717, 1.165) is 6.42 Å². The Morgan fingerprint density at radius 3 is 2.69 bits per heavy atom. The third-order valence-electron chi connectivity index (χ3n) is 3.13. The Labute approximate surface area is 77.1 Å². The van der Waals surface area contributed by atoms with Crippen LogP contribution in [0.25, 0.3) is 0 Å². The Hall–Kier alpha value is -0.640. The molecule has 74 valence electrons. The summed E-state index contributed by atoms with van der Waals surface area (Å²) in [5.74, 6) is -0.0482. The van der Waals surface area contributed by atoms with E-state index in [1.807, 2.05) is 0 Å². The Balaban J connectivity index is 1.99. The van der Waals surface area contributed by atoms with Gasteiger partial charge in [-0.2, -0.15) is 0 Å². The van der Waals surface area contributed by atoms with Gasteiger partial charge in [-0.05, 0) is 19.8 Å². The molecule has 0 aromatic rings. The number of likely N-dealkylation sites (tertiary alicyclic amines) is 1. The van der Waals surface area contributed by atoms with Crippen LogP contribution in [-0.4, -0.2) is 36.1 Å². The number of halogens is 1. The molecule has 1 saturated carbocycles. The van der Waals surface area contributed by atoms with E-state index in [-0.39, 0.29) is 11.9 Å². The Morgan fingerprint density at radius 2 is 2.31 bits per heavy atom. The van der Waals surface area contributed by atoms with Gasteiger partial charge in [-0.15, -0.1) is 0 Å². The second-order valence-electron chi connectivity index (χ2n) is 4.39. The normalized spacial score (nSPS) is 43.8. The van der Waals surface area contributed by atoms with Crippen molar-refractivity contribution in [1.29, 1.82) is 0 Å². The molecule has 3 atom stereocenters. The lowest BCUT2D eigenvalue weighted by molar-refractivity contribution is -0.136. The molecule has 3 nitrogen and oxygen atoms in total. The van der Waals surface area contributed by atoms with Gasteiger partial charge < -0.3 is 10.6 Å². The second-order valence-corrected chi connectivity index (χ2v) is 4.39. The number of alkyl halides is 1. The van der Waals surface area contributed by atoms with Gasteiger partial charge in [0.15, 0.2) is 0 Å². The number of amides is 1. The SMILES string of the molecule is CC1(C(=O)N2CC[C@H](N)C2)CC1F. The van der Waals surface area contributed by atoms with E-state index in [1.54, 1.807) is 11.8 Å². The van der Waals surface area contributed by atoms with E-state index >= 15 is 0 Å². The van der Waals surface area contributed by atoms with Crippen molar-refractivity contribution in [1.82, 2.24) is 4.90 Å². The van der Waals surface area contributed by atoms with Crippen molar-refractivity contribution in [3.63, 3.8) is 0 Å². The highest BCUT2D eigenvalue weighted by Gasteiger charge is 2.58. The number of carbonyl (C=O) groups excluding carboxylic acids is 1. The zero-order valence-corrected chi connectivity index (χ0v) is 7.79. The van der Waals surface area contributed by atoms with Crippen molar-refractivity contribution in [3.05, 3.63) is 0 Å². The third kappa shape index (κ3) is 1.33. The zero-order chi connectivity index (χ0) is 9.64. The lowest BCUT2D eigenvalue weighted by atomic mass is 10.1. The molecule has 1 heterocycles. The summed E-state index contributed by atoms with van der Waals surface area (Å²) in [4.78, 5) is 13.4. The van der Waals surface area contributed by atoms with Crippen LogP contribution in [0.2, 0.25) is 0 Å². The summed E-state index contributed by atoms with van der Waals surface area (Å²) in [5, 5.41) is 0. The lowest BCUT2D eigenvalue weighted by Gasteiger charge is -2.19. The van der Waals surface area contributed by atoms with Gasteiger partial charge in [-0.25, -0.2) is 4.39 Å². The van der Waals surface area contributed by atoms with Gasteiger partial charge >= 0.3 is 0 Å². The van der Waals surface area contributed by atoms with E-state index in [2.05, 4.69) is 0 Å². The number of nitrogens with zero attached hydrogens (tertiary/aromatic N) is 1. The topological polar surface area (TPSA) is 46.3 Å². The highest BCUT2D eigenvalue weighted by molar-refractivity contribution is 5.86. The Bertz CT molecular complexity index is 246. The summed E-state index contributed by atoms with van der Waals surface area (Å²) in [5.41, 5.74) is 4.96. The van der Waals surface area contributed by atoms with Gasteiger partial charge in [0.25, 0.3) is 0 Å². The average molecular weight is 186 g/mol. The van der Waals surface area contributed by atoms with Gasteiger partial charge in [0.1, 0.15) is 6.17 Å². The number of hydrogen-bond acceptors (Lipinski definition) is 2. The van der Waals surface area contributed by atoms with Crippen molar-refractivity contribution in [2.75, 3.05) is 13.1 Å². The molecule has 0 aromatic heterocycles.